The van der Waals surface area contributed by atoms with Crippen LogP contribution in [0.3, 0.4) is 0 Å². The number of anilines is 3. The zero-order valence-electron chi connectivity index (χ0n) is 38.2. The maximum Gasteiger partial charge on any atom is 0.135 e. The van der Waals surface area contributed by atoms with Crippen LogP contribution >= 0.6 is 0 Å². The molecule has 0 bridgehead atoms. The van der Waals surface area contributed by atoms with Gasteiger partial charge in [-0.15, -0.1) is 0 Å². The predicted octanol–water partition coefficient (Wildman–Crippen LogP) is 17.4. The SMILES string of the molecule is c1ccc(C2(c3ccc(N(c4cccc(-c5ccc6oc7ccccc7c6c5)c4)c4ccc5c(c4)C4(c6ccccc6-c6ccccc64)c4ccccc4-5)cc3)c3ccccc3-c3ccccc32)cc1. The lowest BCUT2D eigenvalue weighted by Gasteiger charge is -2.35. The van der Waals surface area contributed by atoms with Crippen LogP contribution in [-0.4, -0.2) is 0 Å². The van der Waals surface area contributed by atoms with E-state index in [1.54, 1.807) is 0 Å². The maximum absolute atomic E-state index is 6.28. The lowest BCUT2D eigenvalue weighted by Crippen LogP contribution is -2.28. The van der Waals surface area contributed by atoms with Gasteiger partial charge in [-0.1, -0.05) is 206 Å². The molecule has 0 saturated carbocycles. The van der Waals surface area contributed by atoms with E-state index in [-0.39, 0.29) is 0 Å². The van der Waals surface area contributed by atoms with Gasteiger partial charge in [-0.05, 0) is 144 Å². The Labute approximate surface area is 407 Å². The number of para-hydroxylation sites is 1. The summed E-state index contributed by atoms with van der Waals surface area (Å²) in [6, 6.07) is 96.8. The highest BCUT2D eigenvalue weighted by Gasteiger charge is 2.52. The van der Waals surface area contributed by atoms with Gasteiger partial charge in [0.05, 0.1) is 10.8 Å². The van der Waals surface area contributed by atoms with Crippen molar-refractivity contribution >= 4 is 39.0 Å². The highest BCUT2D eigenvalue weighted by Crippen LogP contribution is 2.63. The van der Waals surface area contributed by atoms with E-state index in [1.807, 2.05) is 12.1 Å². The van der Waals surface area contributed by atoms with Gasteiger partial charge < -0.3 is 9.32 Å². The van der Waals surface area contributed by atoms with Crippen molar-refractivity contribution in [3.8, 4) is 44.5 Å². The minimum atomic E-state index is -0.497. The van der Waals surface area contributed by atoms with Gasteiger partial charge in [-0.2, -0.15) is 0 Å². The third-order valence-electron chi connectivity index (χ3n) is 15.8. The Morgan fingerprint density at radius 1 is 0.257 bits per heavy atom. The first-order valence-electron chi connectivity index (χ1n) is 24.3. The van der Waals surface area contributed by atoms with E-state index in [9.17, 15) is 0 Å². The number of hydrogen-bond acceptors (Lipinski definition) is 2. The molecule has 0 atom stereocenters. The van der Waals surface area contributed by atoms with Gasteiger partial charge in [0.25, 0.3) is 0 Å². The monoisotopic (exact) mass is 889 g/mol. The van der Waals surface area contributed by atoms with Gasteiger partial charge in [0.15, 0.2) is 0 Å². The molecule has 1 aromatic heterocycles. The van der Waals surface area contributed by atoms with Gasteiger partial charge in [-0.25, -0.2) is 0 Å². The zero-order valence-corrected chi connectivity index (χ0v) is 38.2. The Bertz CT molecular complexity index is 3970. The molecule has 0 fully saturated rings. The van der Waals surface area contributed by atoms with E-state index in [4.69, 9.17) is 4.42 Å². The quantitative estimate of drug-likeness (QED) is 0.165. The van der Waals surface area contributed by atoms with Crippen molar-refractivity contribution < 1.29 is 4.42 Å². The summed E-state index contributed by atoms with van der Waals surface area (Å²) in [6.07, 6.45) is 0. The standard InChI is InChI=1S/C68H43NO/c1-2-18-46(19-3-1)67(59-27-10-4-21-51(59)52-22-5-11-28-60(52)67)47-34-36-48(37-35-47)69(49-20-16-17-44(41-49)45-33-40-66-58(42-45)57-26-9-15-32-65(57)70-66)50-38-39-56-55-25-8-14-31-63(55)68(64(56)43-50)61-29-12-6-23-53(61)54-24-7-13-30-62(54)68/h1-43H. The molecule has 0 amide bonds. The fraction of sp³-hybridized carbons (Fsp3) is 0.0294. The summed E-state index contributed by atoms with van der Waals surface area (Å²) >= 11 is 0. The van der Waals surface area contributed by atoms with Crippen LogP contribution < -0.4 is 4.90 Å². The average Bonchev–Trinajstić information content (AvgIpc) is 4.14. The summed E-state index contributed by atoms with van der Waals surface area (Å²) < 4.78 is 6.28. The fourth-order valence-electron chi connectivity index (χ4n) is 13.0. The molecule has 2 heteroatoms. The number of rotatable bonds is 6. The molecule has 0 saturated heterocycles. The highest BCUT2D eigenvalue weighted by molar-refractivity contribution is 6.06. The van der Waals surface area contributed by atoms with Crippen LogP contribution in [0.2, 0.25) is 0 Å². The second-order valence-corrected chi connectivity index (χ2v) is 19.1. The molecule has 326 valence electrons. The van der Waals surface area contributed by atoms with Gasteiger partial charge in [0.1, 0.15) is 11.2 Å². The van der Waals surface area contributed by atoms with E-state index in [0.717, 1.165) is 50.1 Å². The molecule has 0 radical (unpaired) electrons. The Morgan fingerprint density at radius 2 is 0.714 bits per heavy atom. The number of benzene rings is 11. The smallest absolute Gasteiger partial charge is 0.135 e. The normalized spacial score (nSPS) is 13.9. The van der Waals surface area contributed by atoms with Crippen molar-refractivity contribution in [2.75, 3.05) is 4.90 Å². The second-order valence-electron chi connectivity index (χ2n) is 19.1. The first kappa shape index (κ1) is 39.1. The number of furan rings is 1. The molecule has 0 N–H and O–H groups in total. The average molecular weight is 890 g/mol. The molecule has 0 unspecified atom stereocenters. The minimum Gasteiger partial charge on any atom is -0.456 e. The molecule has 15 rings (SSSR count). The van der Waals surface area contributed by atoms with E-state index >= 15 is 0 Å². The van der Waals surface area contributed by atoms with E-state index in [2.05, 4.69) is 254 Å². The van der Waals surface area contributed by atoms with Crippen LogP contribution in [0.4, 0.5) is 17.1 Å². The van der Waals surface area contributed by atoms with Crippen molar-refractivity contribution in [2.24, 2.45) is 0 Å². The minimum absolute atomic E-state index is 0.472. The van der Waals surface area contributed by atoms with E-state index < -0.39 is 10.8 Å². The highest BCUT2D eigenvalue weighted by atomic mass is 16.3. The largest absolute Gasteiger partial charge is 0.456 e. The van der Waals surface area contributed by atoms with Crippen LogP contribution in [0, 0.1) is 0 Å². The molecule has 0 aliphatic heterocycles. The topological polar surface area (TPSA) is 16.4 Å². The van der Waals surface area contributed by atoms with Crippen molar-refractivity contribution in [2.45, 2.75) is 10.8 Å². The molecular formula is C68H43NO. The van der Waals surface area contributed by atoms with Crippen LogP contribution in [0.5, 0.6) is 0 Å². The first-order chi connectivity index (χ1) is 34.7. The molecule has 3 aliphatic carbocycles. The van der Waals surface area contributed by atoms with Gasteiger partial charge in [0.2, 0.25) is 0 Å². The summed E-state index contributed by atoms with van der Waals surface area (Å²) in [5, 5.41) is 2.25. The summed E-state index contributed by atoms with van der Waals surface area (Å²) in [6.45, 7) is 0. The van der Waals surface area contributed by atoms with Gasteiger partial charge in [0, 0.05) is 27.8 Å². The Hall–Kier alpha value is -8.98. The molecule has 11 aromatic carbocycles. The molecule has 70 heavy (non-hydrogen) atoms. The second kappa shape index (κ2) is 14.8. The summed E-state index contributed by atoms with van der Waals surface area (Å²) in [7, 11) is 0. The Morgan fingerprint density at radius 3 is 1.33 bits per heavy atom. The first-order valence-corrected chi connectivity index (χ1v) is 24.3. The van der Waals surface area contributed by atoms with Gasteiger partial charge >= 0.3 is 0 Å². The van der Waals surface area contributed by atoms with Crippen LogP contribution in [0.25, 0.3) is 66.4 Å². The number of hydrogen-bond donors (Lipinski definition) is 0. The summed E-state index contributed by atoms with van der Waals surface area (Å²) in [5.74, 6) is 0. The molecule has 2 nitrogen and oxygen atoms in total. The molecular weight excluding hydrogens is 847 g/mol. The third-order valence-corrected chi connectivity index (χ3v) is 15.8. The Balaban J connectivity index is 0.953. The predicted molar refractivity (Wildman–Crippen MR) is 287 cm³/mol. The van der Waals surface area contributed by atoms with Crippen molar-refractivity contribution in [3.63, 3.8) is 0 Å². The van der Waals surface area contributed by atoms with Gasteiger partial charge in [-0.3, -0.25) is 0 Å². The summed E-state index contributed by atoms with van der Waals surface area (Å²) in [5.41, 5.74) is 24.5. The Kier molecular flexibility index (Phi) is 8.24. The third kappa shape index (κ3) is 5.22. The van der Waals surface area contributed by atoms with E-state index in [0.29, 0.717) is 0 Å². The van der Waals surface area contributed by atoms with Crippen molar-refractivity contribution in [1.29, 1.82) is 0 Å². The van der Waals surface area contributed by atoms with Crippen molar-refractivity contribution in [3.05, 3.63) is 305 Å². The van der Waals surface area contributed by atoms with Crippen LogP contribution in [0.1, 0.15) is 44.5 Å². The summed E-state index contributed by atoms with van der Waals surface area (Å²) in [4.78, 5) is 2.47. The molecule has 1 spiro atoms. The fourth-order valence-corrected chi connectivity index (χ4v) is 13.0. The molecule has 12 aromatic rings. The number of fused-ring (bicyclic) bond motifs is 16. The maximum atomic E-state index is 6.28. The molecule has 1 heterocycles. The van der Waals surface area contributed by atoms with Crippen molar-refractivity contribution in [1.82, 2.24) is 0 Å². The lowest BCUT2D eigenvalue weighted by atomic mass is 9.67. The number of nitrogens with zero attached hydrogens (tertiary/aromatic N) is 1. The van der Waals surface area contributed by atoms with E-state index in [1.165, 1.54) is 77.9 Å². The van der Waals surface area contributed by atoms with Crippen LogP contribution in [-0.2, 0) is 10.8 Å². The van der Waals surface area contributed by atoms with Crippen LogP contribution in [0.15, 0.2) is 265 Å². The lowest BCUT2D eigenvalue weighted by molar-refractivity contribution is 0.669. The molecule has 3 aliphatic rings. The zero-order chi connectivity index (χ0) is 46.0.